The zero-order valence-corrected chi connectivity index (χ0v) is 11.4. The molecular formula is C16H16O4. The fraction of sp³-hybridized carbons (Fsp3) is 0.188. The van der Waals surface area contributed by atoms with Crippen molar-refractivity contribution in [2.24, 2.45) is 0 Å². The molecule has 1 N–H and O–H groups in total. The highest BCUT2D eigenvalue weighted by Gasteiger charge is 2.14. The first-order chi connectivity index (χ1) is 9.74. The second kappa shape index (κ2) is 6.21. The van der Waals surface area contributed by atoms with Gasteiger partial charge in [-0.2, -0.15) is 0 Å². The number of carbonyl (C=O) groups is 1. The number of benzene rings is 2. The number of aliphatic hydroxyl groups excluding tert-OH is 1. The maximum atomic E-state index is 11.2. The summed E-state index contributed by atoms with van der Waals surface area (Å²) in [6.45, 7) is -0.150. The second-order valence-electron chi connectivity index (χ2n) is 4.23. The number of methoxy groups -OCH3 is 2. The molecule has 0 aliphatic heterocycles. The Kier molecular flexibility index (Phi) is 4.38. The van der Waals surface area contributed by atoms with E-state index in [1.54, 1.807) is 31.4 Å². The van der Waals surface area contributed by atoms with E-state index in [1.807, 2.05) is 12.1 Å². The molecule has 0 fully saturated rings. The third-order valence-electron chi connectivity index (χ3n) is 3.16. The van der Waals surface area contributed by atoms with Gasteiger partial charge in [-0.3, -0.25) is 4.79 Å². The van der Waals surface area contributed by atoms with Gasteiger partial charge in [0.2, 0.25) is 0 Å². The molecule has 0 amide bonds. The predicted octanol–water partition coefficient (Wildman–Crippen LogP) is 2.68. The summed E-state index contributed by atoms with van der Waals surface area (Å²) in [5.74, 6) is 1.10. The number of ether oxygens (including phenoxy) is 2. The number of carbonyl (C=O) groups excluding carboxylic acids is 1. The minimum absolute atomic E-state index is 0.150. The highest BCUT2D eigenvalue weighted by molar-refractivity contribution is 5.89. The molecule has 2 aromatic rings. The lowest BCUT2D eigenvalue weighted by Gasteiger charge is -2.15. The van der Waals surface area contributed by atoms with Crippen LogP contribution >= 0.6 is 0 Å². The van der Waals surface area contributed by atoms with Crippen LogP contribution in [0.3, 0.4) is 0 Å². The predicted molar refractivity (Wildman–Crippen MR) is 76.3 cm³/mol. The summed E-state index contributed by atoms with van der Waals surface area (Å²) in [5.41, 5.74) is 2.76. The number of hydrogen-bond acceptors (Lipinski definition) is 4. The van der Waals surface area contributed by atoms with Crippen molar-refractivity contribution >= 4 is 6.29 Å². The second-order valence-corrected chi connectivity index (χ2v) is 4.23. The SMILES string of the molecule is COc1cc(CO)c(-c2ccccc2C=O)cc1OC. The van der Waals surface area contributed by atoms with Crippen LogP contribution in [-0.4, -0.2) is 25.6 Å². The first-order valence-electron chi connectivity index (χ1n) is 6.15. The molecule has 0 aliphatic rings. The van der Waals surface area contributed by atoms with E-state index >= 15 is 0 Å². The molecule has 4 nitrogen and oxygen atoms in total. The van der Waals surface area contributed by atoms with Gasteiger partial charge in [-0.1, -0.05) is 24.3 Å². The molecule has 0 bridgehead atoms. The summed E-state index contributed by atoms with van der Waals surface area (Å²) in [6.07, 6.45) is 0.799. The highest BCUT2D eigenvalue weighted by atomic mass is 16.5. The molecule has 0 spiro atoms. The molecule has 104 valence electrons. The summed E-state index contributed by atoms with van der Waals surface area (Å²) in [5, 5.41) is 9.54. The third-order valence-corrected chi connectivity index (χ3v) is 3.16. The van der Waals surface area contributed by atoms with Crippen LogP contribution in [0.4, 0.5) is 0 Å². The van der Waals surface area contributed by atoms with Crippen LogP contribution in [-0.2, 0) is 6.61 Å². The first-order valence-corrected chi connectivity index (χ1v) is 6.15. The lowest BCUT2D eigenvalue weighted by molar-refractivity contribution is 0.112. The van der Waals surface area contributed by atoms with Crippen molar-refractivity contribution in [2.45, 2.75) is 6.61 Å². The highest BCUT2D eigenvalue weighted by Crippen LogP contribution is 2.36. The Labute approximate surface area is 117 Å². The molecule has 2 aromatic carbocycles. The Morgan fingerprint density at radius 2 is 1.70 bits per heavy atom. The van der Waals surface area contributed by atoms with Crippen LogP contribution in [0.1, 0.15) is 15.9 Å². The summed E-state index contributed by atoms with van der Waals surface area (Å²) >= 11 is 0. The van der Waals surface area contributed by atoms with Crippen LogP contribution < -0.4 is 9.47 Å². The van der Waals surface area contributed by atoms with Gasteiger partial charge in [0.05, 0.1) is 20.8 Å². The molecule has 20 heavy (non-hydrogen) atoms. The molecule has 0 saturated carbocycles. The minimum atomic E-state index is -0.150. The quantitative estimate of drug-likeness (QED) is 0.850. The van der Waals surface area contributed by atoms with Crippen molar-refractivity contribution in [1.82, 2.24) is 0 Å². The van der Waals surface area contributed by atoms with E-state index in [0.29, 0.717) is 22.6 Å². The van der Waals surface area contributed by atoms with E-state index in [4.69, 9.17) is 9.47 Å². The standard InChI is InChI=1S/C16H16O4/c1-19-15-7-12(10-18)14(8-16(15)20-2)13-6-4-3-5-11(13)9-17/h3-9,18H,10H2,1-2H3. The number of aldehydes is 1. The van der Waals surface area contributed by atoms with Gasteiger partial charge in [-0.05, 0) is 28.8 Å². The van der Waals surface area contributed by atoms with Crippen molar-refractivity contribution in [1.29, 1.82) is 0 Å². The summed E-state index contributed by atoms with van der Waals surface area (Å²) in [4.78, 5) is 11.2. The summed E-state index contributed by atoms with van der Waals surface area (Å²) in [6, 6.07) is 10.7. The number of hydrogen-bond donors (Lipinski definition) is 1. The molecule has 0 unspecified atom stereocenters. The fourth-order valence-corrected chi connectivity index (χ4v) is 2.15. The molecule has 0 aromatic heterocycles. The Morgan fingerprint density at radius 1 is 1.05 bits per heavy atom. The third kappa shape index (κ3) is 2.51. The fourth-order valence-electron chi connectivity index (χ4n) is 2.15. The van der Waals surface area contributed by atoms with Gasteiger partial charge in [0.25, 0.3) is 0 Å². The van der Waals surface area contributed by atoms with E-state index in [-0.39, 0.29) is 6.61 Å². The molecule has 0 saturated heterocycles. The monoisotopic (exact) mass is 272 g/mol. The molecule has 4 heteroatoms. The van der Waals surface area contributed by atoms with E-state index in [1.165, 1.54) is 7.11 Å². The maximum Gasteiger partial charge on any atom is 0.161 e. The zero-order valence-electron chi connectivity index (χ0n) is 11.4. The van der Waals surface area contributed by atoms with Crippen LogP contribution in [0.2, 0.25) is 0 Å². The molecular weight excluding hydrogens is 256 g/mol. The summed E-state index contributed by atoms with van der Waals surface area (Å²) < 4.78 is 10.5. The van der Waals surface area contributed by atoms with E-state index in [2.05, 4.69) is 0 Å². The Hall–Kier alpha value is -2.33. The normalized spacial score (nSPS) is 10.2. The van der Waals surface area contributed by atoms with E-state index in [9.17, 15) is 9.90 Å². The minimum Gasteiger partial charge on any atom is -0.493 e. The van der Waals surface area contributed by atoms with Crippen LogP contribution in [0.25, 0.3) is 11.1 Å². The van der Waals surface area contributed by atoms with E-state index < -0.39 is 0 Å². The number of aliphatic hydroxyl groups is 1. The zero-order chi connectivity index (χ0) is 14.5. The smallest absolute Gasteiger partial charge is 0.161 e. The molecule has 2 rings (SSSR count). The molecule has 0 radical (unpaired) electrons. The van der Waals surface area contributed by atoms with Gasteiger partial charge >= 0.3 is 0 Å². The van der Waals surface area contributed by atoms with Crippen LogP contribution in [0.15, 0.2) is 36.4 Å². The molecule has 0 heterocycles. The van der Waals surface area contributed by atoms with Gasteiger partial charge in [-0.15, -0.1) is 0 Å². The van der Waals surface area contributed by atoms with Crippen molar-refractivity contribution in [3.63, 3.8) is 0 Å². The van der Waals surface area contributed by atoms with Crippen LogP contribution in [0, 0.1) is 0 Å². The molecule has 0 aliphatic carbocycles. The topological polar surface area (TPSA) is 55.8 Å². The number of rotatable bonds is 5. The lowest BCUT2D eigenvalue weighted by atomic mass is 9.95. The van der Waals surface area contributed by atoms with Crippen molar-refractivity contribution in [3.05, 3.63) is 47.5 Å². The van der Waals surface area contributed by atoms with Gasteiger partial charge in [0.15, 0.2) is 17.8 Å². The van der Waals surface area contributed by atoms with Gasteiger partial charge in [0.1, 0.15) is 0 Å². The van der Waals surface area contributed by atoms with Crippen molar-refractivity contribution in [2.75, 3.05) is 14.2 Å². The maximum absolute atomic E-state index is 11.2. The van der Waals surface area contributed by atoms with Gasteiger partial charge < -0.3 is 14.6 Å². The lowest BCUT2D eigenvalue weighted by Crippen LogP contribution is -1.98. The van der Waals surface area contributed by atoms with Gasteiger partial charge in [-0.25, -0.2) is 0 Å². The average molecular weight is 272 g/mol. The van der Waals surface area contributed by atoms with Gasteiger partial charge in [0, 0.05) is 5.56 Å². The van der Waals surface area contributed by atoms with Crippen LogP contribution in [0.5, 0.6) is 11.5 Å². The first kappa shape index (κ1) is 14.1. The largest absolute Gasteiger partial charge is 0.493 e. The Bertz CT molecular complexity index is 620. The van der Waals surface area contributed by atoms with Crippen molar-refractivity contribution < 1.29 is 19.4 Å². The molecule has 0 atom stereocenters. The van der Waals surface area contributed by atoms with E-state index in [0.717, 1.165) is 17.4 Å². The van der Waals surface area contributed by atoms with Crippen molar-refractivity contribution in [3.8, 4) is 22.6 Å². The average Bonchev–Trinajstić information content (AvgIpc) is 2.53. The Morgan fingerprint density at radius 3 is 2.30 bits per heavy atom. The Balaban J connectivity index is 2.69. The summed E-state index contributed by atoms with van der Waals surface area (Å²) in [7, 11) is 3.09.